The molecule has 0 radical (unpaired) electrons. The number of methoxy groups -OCH3 is 1. The molecule has 0 saturated carbocycles. The number of aryl methyl sites for hydroxylation is 1. The second kappa shape index (κ2) is 4.30. The average Bonchev–Trinajstić information content (AvgIpc) is 2.33. The van der Waals surface area contributed by atoms with E-state index in [4.69, 9.17) is 0 Å². The second-order valence-corrected chi connectivity index (χ2v) is 3.45. The zero-order chi connectivity index (χ0) is 11.5. The van der Waals surface area contributed by atoms with Gasteiger partial charge in [0.15, 0.2) is 0 Å². The van der Waals surface area contributed by atoms with Gasteiger partial charge in [-0.2, -0.15) is 0 Å². The summed E-state index contributed by atoms with van der Waals surface area (Å²) in [7, 11) is 1.15. The van der Waals surface area contributed by atoms with Crippen LogP contribution in [0.2, 0.25) is 0 Å². The monoisotopic (exact) mass is 225 g/mol. The Morgan fingerprint density at radius 1 is 1.38 bits per heavy atom. The molecule has 0 unspecified atom stereocenters. The molecule has 1 aliphatic carbocycles. The molecule has 0 saturated heterocycles. The molecule has 0 N–H and O–H groups in total. The Labute approximate surface area is 90.9 Å². The Balaban J connectivity index is 2.34. The number of fused-ring (bicyclic) bond motifs is 1. The van der Waals surface area contributed by atoms with Crippen molar-refractivity contribution in [1.29, 1.82) is 0 Å². The van der Waals surface area contributed by atoms with E-state index in [2.05, 4.69) is 19.9 Å². The number of rotatable bonds is 1. The number of ether oxygens (including phenoxy) is 1. The van der Waals surface area contributed by atoms with Crippen LogP contribution in [0.3, 0.4) is 0 Å². The van der Waals surface area contributed by atoms with E-state index < -0.39 is 11.7 Å². The number of aromatic nitrogens is 3. The molecule has 16 heavy (non-hydrogen) atoms. The lowest BCUT2D eigenvalue weighted by atomic mass is 9.98. The molecule has 0 atom stereocenters. The molecule has 7 nitrogen and oxygen atoms in total. The van der Waals surface area contributed by atoms with E-state index >= 15 is 0 Å². The van der Waals surface area contributed by atoms with Gasteiger partial charge in [0.25, 0.3) is 0 Å². The quantitative estimate of drug-likeness (QED) is 0.482. The highest BCUT2D eigenvalue weighted by Gasteiger charge is 2.18. The summed E-state index contributed by atoms with van der Waals surface area (Å²) in [6, 6.07) is 0. The molecule has 1 aliphatic rings. The van der Waals surface area contributed by atoms with Crippen molar-refractivity contribution in [3.8, 4) is 0 Å². The van der Waals surface area contributed by atoms with Crippen LogP contribution in [0.15, 0.2) is 4.79 Å². The molecular weight excluding hydrogens is 214 g/mol. The summed E-state index contributed by atoms with van der Waals surface area (Å²) in [5.74, 6) is 0. The van der Waals surface area contributed by atoms with Crippen LogP contribution in [0.5, 0.6) is 0 Å². The number of nitrogens with zero attached hydrogens (tertiary/aromatic N) is 3. The standard InChI is InChI=1S/C9H11N3O4/c1-15-9(14)16-12-8(13)6-4-2-3-5-7(6)10-11-12/h2-5H2,1H3. The molecule has 7 heteroatoms. The summed E-state index contributed by atoms with van der Waals surface area (Å²) in [6.45, 7) is 0. The molecule has 1 aromatic rings. The summed E-state index contributed by atoms with van der Waals surface area (Å²) in [6.07, 6.45) is 2.34. The number of hydrogen-bond donors (Lipinski definition) is 0. The van der Waals surface area contributed by atoms with E-state index in [9.17, 15) is 9.59 Å². The van der Waals surface area contributed by atoms with Gasteiger partial charge < -0.3 is 4.74 Å². The highest BCUT2D eigenvalue weighted by atomic mass is 16.8. The number of hydrogen-bond acceptors (Lipinski definition) is 6. The Hall–Kier alpha value is -1.92. The van der Waals surface area contributed by atoms with Crippen molar-refractivity contribution in [3.63, 3.8) is 0 Å². The van der Waals surface area contributed by atoms with Gasteiger partial charge in [-0.25, -0.2) is 4.79 Å². The van der Waals surface area contributed by atoms with E-state index in [1.165, 1.54) is 0 Å². The topological polar surface area (TPSA) is 83.3 Å². The first-order valence-electron chi connectivity index (χ1n) is 4.96. The molecule has 0 amide bonds. The Kier molecular flexibility index (Phi) is 2.84. The third kappa shape index (κ3) is 1.88. The van der Waals surface area contributed by atoms with Crippen LogP contribution >= 0.6 is 0 Å². The summed E-state index contributed by atoms with van der Waals surface area (Å²) in [5, 5.41) is 7.36. The van der Waals surface area contributed by atoms with Crippen LogP contribution in [0.4, 0.5) is 4.79 Å². The maximum Gasteiger partial charge on any atom is 0.535 e. The molecule has 1 heterocycles. The summed E-state index contributed by atoms with van der Waals surface area (Å²) >= 11 is 0. The molecule has 0 fully saturated rings. The molecular formula is C9H11N3O4. The van der Waals surface area contributed by atoms with E-state index in [1.807, 2.05) is 0 Å². The Bertz CT molecular complexity index is 468. The predicted molar refractivity (Wildman–Crippen MR) is 51.9 cm³/mol. The van der Waals surface area contributed by atoms with Gasteiger partial charge in [0, 0.05) is 5.56 Å². The van der Waals surface area contributed by atoms with Crippen LogP contribution in [0.25, 0.3) is 0 Å². The van der Waals surface area contributed by atoms with Gasteiger partial charge in [-0.1, -0.05) is 0 Å². The second-order valence-electron chi connectivity index (χ2n) is 3.45. The van der Waals surface area contributed by atoms with Gasteiger partial charge >= 0.3 is 11.7 Å². The molecule has 1 aromatic heterocycles. The van der Waals surface area contributed by atoms with Crippen molar-refractivity contribution < 1.29 is 14.4 Å². The van der Waals surface area contributed by atoms with Gasteiger partial charge in [0.2, 0.25) is 0 Å². The zero-order valence-electron chi connectivity index (χ0n) is 8.80. The molecule has 0 bridgehead atoms. The fourth-order valence-corrected chi connectivity index (χ4v) is 1.65. The fraction of sp³-hybridized carbons (Fsp3) is 0.556. The van der Waals surface area contributed by atoms with Crippen molar-refractivity contribution in [1.82, 2.24) is 15.2 Å². The predicted octanol–water partition coefficient (Wildman–Crippen LogP) is -0.288. The molecule has 0 aliphatic heterocycles. The summed E-state index contributed by atoms with van der Waals surface area (Å²) in [5.41, 5.74) is 0.834. The van der Waals surface area contributed by atoms with Crippen molar-refractivity contribution in [2.75, 3.05) is 7.11 Å². The average molecular weight is 225 g/mol. The Morgan fingerprint density at radius 2 is 2.12 bits per heavy atom. The first-order chi connectivity index (χ1) is 7.72. The van der Waals surface area contributed by atoms with Gasteiger partial charge in [-0.15, -0.1) is 5.10 Å². The van der Waals surface area contributed by atoms with Crippen molar-refractivity contribution in [3.05, 3.63) is 21.6 Å². The van der Waals surface area contributed by atoms with Crippen molar-refractivity contribution >= 4 is 6.16 Å². The van der Waals surface area contributed by atoms with Crippen LogP contribution in [-0.4, -0.2) is 28.4 Å². The molecule has 2 rings (SSSR count). The zero-order valence-corrected chi connectivity index (χ0v) is 8.80. The normalized spacial score (nSPS) is 14.1. The van der Waals surface area contributed by atoms with E-state index in [1.54, 1.807) is 0 Å². The van der Waals surface area contributed by atoms with Gasteiger partial charge in [0.1, 0.15) is 0 Å². The maximum atomic E-state index is 11.8. The van der Waals surface area contributed by atoms with E-state index in [0.717, 1.165) is 26.4 Å². The largest absolute Gasteiger partial charge is 0.535 e. The lowest BCUT2D eigenvalue weighted by Crippen LogP contribution is -2.37. The SMILES string of the molecule is COC(=O)On1nnc2c(c1=O)CCCC2. The smallest absolute Gasteiger partial charge is 0.436 e. The third-order valence-electron chi connectivity index (χ3n) is 2.44. The Morgan fingerprint density at radius 3 is 2.88 bits per heavy atom. The fourth-order valence-electron chi connectivity index (χ4n) is 1.65. The van der Waals surface area contributed by atoms with Gasteiger partial charge in [0.05, 0.1) is 12.8 Å². The van der Waals surface area contributed by atoms with Crippen molar-refractivity contribution in [2.24, 2.45) is 0 Å². The first kappa shape index (κ1) is 10.6. The lowest BCUT2D eigenvalue weighted by Gasteiger charge is -2.13. The third-order valence-corrected chi connectivity index (χ3v) is 2.44. The minimum Gasteiger partial charge on any atom is -0.436 e. The van der Waals surface area contributed by atoms with Gasteiger partial charge in [-0.3, -0.25) is 9.63 Å². The van der Waals surface area contributed by atoms with Crippen LogP contribution < -0.4 is 10.4 Å². The van der Waals surface area contributed by atoms with E-state index in [-0.39, 0.29) is 0 Å². The molecule has 0 spiro atoms. The maximum absolute atomic E-state index is 11.8. The number of carbonyl (C=O) groups excluding carboxylic acids is 1. The highest BCUT2D eigenvalue weighted by Crippen LogP contribution is 2.14. The lowest BCUT2D eigenvalue weighted by molar-refractivity contribution is 0.0428. The highest BCUT2D eigenvalue weighted by molar-refractivity contribution is 5.59. The van der Waals surface area contributed by atoms with E-state index in [0.29, 0.717) is 22.5 Å². The first-order valence-corrected chi connectivity index (χ1v) is 4.96. The molecule has 0 aromatic carbocycles. The van der Waals surface area contributed by atoms with Gasteiger partial charge in [-0.05, 0) is 35.7 Å². The van der Waals surface area contributed by atoms with Crippen molar-refractivity contribution in [2.45, 2.75) is 25.7 Å². The minimum atomic E-state index is -0.993. The van der Waals surface area contributed by atoms with Crippen LogP contribution in [0.1, 0.15) is 24.1 Å². The number of carbonyl (C=O) groups is 1. The summed E-state index contributed by atoms with van der Waals surface area (Å²) in [4.78, 5) is 27.7. The van der Waals surface area contributed by atoms with Crippen LogP contribution in [0, 0.1) is 0 Å². The van der Waals surface area contributed by atoms with Crippen LogP contribution in [-0.2, 0) is 17.6 Å². The minimum absolute atomic E-state index is 0.435. The molecule has 86 valence electrons. The summed E-state index contributed by atoms with van der Waals surface area (Å²) < 4.78 is 4.26.